The van der Waals surface area contributed by atoms with E-state index in [1.807, 2.05) is 6.07 Å². The van der Waals surface area contributed by atoms with Crippen molar-refractivity contribution in [2.45, 2.75) is 37.5 Å². The molecule has 1 saturated heterocycles. The van der Waals surface area contributed by atoms with Crippen LogP contribution in [0.1, 0.15) is 37.7 Å². The van der Waals surface area contributed by atoms with Gasteiger partial charge in [0.25, 0.3) is 0 Å². The zero-order chi connectivity index (χ0) is 17.8. The molecule has 5 heteroatoms. The number of hydrogen-bond donors (Lipinski definition) is 1. The Labute approximate surface area is 154 Å². The van der Waals surface area contributed by atoms with Gasteiger partial charge in [0.05, 0.1) is 5.92 Å². The number of benzene rings is 1. The van der Waals surface area contributed by atoms with Crippen LogP contribution in [-0.4, -0.2) is 35.5 Å². The second kappa shape index (κ2) is 7.44. The molecular formula is C21H26N4O. The highest BCUT2D eigenvalue weighted by Gasteiger charge is 2.39. The summed E-state index contributed by atoms with van der Waals surface area (Å²) in [5.41, 5.74) is 1.49. The third kappa shape index (κ3) is 3.43. The van der Waals surface area contributed by atoms with E-state index in [-0.39, 0.29) is 17.2 Å². The third-order valence-corrected chi connectivity index (χ3v) is 5.92. The van der Waals surface area contributed by atoms with Crippen molar-refractivity contribution < 1.29 is 4.79 Å². The Morgan fingerprint density at radius 3 is 2.58 bits per heavy atom. The summed E-state index contributed by atoms with van der Waals surface area (Å²) < 4.78 is 0. The number of rotatable bonds is 5. The summed E-state index contributed by atoms with van der Waals surface area (Å²) in [5, 5.41) is 3.26. The van der Waals surface area contributed by atoms with Gasteiger partial charge >= 0.3 is 0 Å². The van der Waals surface area contributed by atoms with Crippen molar-refractivity contribution in [3.8, 4) is 0 Å². The number of carbonyl (C=O) groups is 1. The fraction of sp³-hybridized carbons (Fsp3) is 0.476. The van der Waals surface area contributed by atoms with E-state index in [1.165, 1.54) is 12.0 Å². The molecule has 0 spiro atoms. The number of aromatic nitrogens is 2. The van der Waals surface area contributed by atoms with E-state index in [0.29, 0.717) is 6.54 Å². The van der Waals surface area contributed by atoms with Crippen LogP contribution in [0.3, 0.4) is 0 Å². The van der Waals surface area contributed by atoms with E-state index in [0.717, 1.165) is 44.7 Å². The summed E-state index contributed by atoms with van der Waals surface area (Å²) in [5.74, 6) is 0.915. The zero-order valence-corrected chi connectivity index (χ0v) is 15.1. The Morgan fingerprint density at radius 2 is 1.88 bits per heavy atom. The van der Waals surface area contributed by atoms with E-state index in [2.05, 4.69) is 50.5 Å². The number of nitrogens with one attached hydrogen (secondary N) is 1. The molecule has 2 fully saturated rings. The van der Waals surface area contributed by atoms with Crippen LogP contribution in [0.5, 0.6) is 0 Å². The van der Waals surface area contributed by atoms with E-state index in [4.69, 9.17) is 0 Å². The van der Waals surface area contributed by atoms with Gasteiger partial charge < -0.3 is 10.2 Å². The van der Waals surface area contributed by atoms with Gasteiger partial charge in [-0.05, 0) is 37.3 Å². The Balaban J connectivity index is 1.37. The SMILES string of the molecule is O=C(NCC1(c2ccccc2)CCC1)C1CCCN(c2ncccn2)C1. The van der Waals surface area contributed by atoms with Crippen molar-refractivity contribution in [2.24, 2.45) is 5.92 Å². The van der Waals surface area contributed by atoms with Crippen molar-refractivity contribution in [2.75, 3.05) is 24.5 Å². The minimum Gasteiger partial charge on any atom is -0.355 e. The monoisotopic (exact) mass is 350 g/mol. The van der Waals surface area contributed by atoms with Crippen molar-refractivity contribution in [3.05, 3.63) is 54.4 Å². The number of anilines is 1. The first kappa shape index (κ1) is 17.0. The van der Waals surface area contributed by atoms with E-state index >= 15 is 0 Å². The summed E-state index contributed by atoms with van der Waals surface area (Å²) >= 11 is 0. The topological polar surface area (TPSA) is 58.1 Å². The average Bonchev–Trinajstić information content (AvgIpc) is 2.69. The molecular weight excluding hydrogens is 324 g/mol. The lowest BCUT2D eigenvalue weighted by atomic mass is 9.64. The first-order chi connectivity index (χ1) is 12.8. The summed E-state index contributed by atoms with van der Waals surface area (Å²) in [6, 6.07) is 12.4. The quantitative estimate of drug-likeness (QED) is 0.901. The predicted octanol–water partition coefficient (Wildman–Crippen LogP) is 2.93. The second-order valence-electron chi connectivity index (χ2n) is 7.55. The molecule has 1 amide bonds. The van der Waals surface area contributed by atoms with Crippen LogP contribution >= 0.6 is 0 Å². The number of hydrogen-bond acceptors (Lipinski definition) is 4. The lowest BCUT2D eigenvalue weighted by Gasteiger charge is -2.43. The first-order valence-electron chi connectivity index (χ1n) is 9.62. The Bertz CT molecular complexity index is 730. The van der Waals surface area contributed by atoms with Crippen molar-refractivity contribution in [1.29, 1.82) is 0 Å². The van der Waals surface area contributed by atoms with Crippen LogP contribution < -0.4 is 10.2 Å². The van der Waals surface area contributed by atoms with Gasteiger partial charge in [-0.15, -0.1) is 0 Å². The van der Waals surface area contributed by atoms with Crippen molar-refractivity contribution in [3.63, 3.8) is 0 Å². The molecule has 1 aromatic carbocycles. The largest absolute Gasteiger partial charge is 0.355 e. The van der Waals surface area contributed by atoms with Gasteiger partial charge in [0.2, 0.25) is 11.9 Å². The molecule has 26 heavy (non-hydrogen) atoms. The molecule has 4 rings (SSSR count). The van der Waals surface area contributed by atoms with E-state index in [9.17, 15) is 4.79 Å². The van der Waals surface area contributed by atoms with Gasteiger partial charge in [0.1, 0.15) is 0 Å². The minimum atomic E-state index is 0.0143. The molecule has 136 valence electrons. The van der Waals surface area contributed by atoms with Gasteiger partial charge in [0, 0.05) is 37.4 Å². The highest BCUT2D eigenvalue weighted by molar-refractivity contribution is 5.79. The molecule has 0 radical (unpaired) electrons. The maximum Gasteiger partial charge on any atom is 0.225 e. The molecule has 1 aromatic heterocycles. The molecule has 1 aliphatic carbocycles. The van der Waals surface area contributed by atoms with Crippen LogP contribution in [-0.2, 0) is 10.2 Å². The van der Waals surface area contributed by atoms with Gasteiger partial charge in [0.15, 0.2) is 0 Å². The predicted molar refractivity (Wildman–Crippen MR) is 102 cm³/mol. The van der Waals surface area contributed by atoms with Crippen LogP contribution in [0.4, 0.5) is 5.95 Å². The highest BCUT2D eigenvalue weighted by atomic mass is 16.1. The maximum atomic E-state index is 12.8. The molecule has 1 saturated carbocycles. The van der Waals surface area contributed by atoms with Crippen molar-refractivity contribution in [1.82, 2.24) is 15.3 Å². The Kier molecular flexibility index (Phi) is 4.87. The molecule has 2 aromatic rings. The lowest BCUT2D eigenvalue weighted by molar-refractivity contribution is -0.125. The van der Waals surface area contributed by atoms with Crippen molar-refractivity contribution >= 4 is 11.9 Å². The summed E-state index contributed by atoms with van der Waals surface area (Å²) in [6.45, 7) is 2.37. The fourth-order valence-corrected chi connectivity index (χ4v) is 4.19. The van der Waals surface area contributed by atoms with Crippen LogP contribution in [0.2, 0.25) is 0 Å². The minimum absolute atomic E-state index is 0.0143. The zero-order valence-electron chi connectivity index (χ0n) is 15.1. The molecule has 1 atom stereocenters. The van der Waals surface area contributed by atoms with E-state index < -0.39 is 0 Å². The molecule has 1 unspecified atom stereocenters. The number of nitrogens with zero attached hydrogens (tertiary/aromatic N) is 3. The highest BCUT2D eigenvalue weighted by Crippen LogP contribution is 2.43. The normalized spacial score (nSPS) is 21.7. The Morgan fingerprint density at radius 1 is 1.12 bits per heavy atom. The fourth-order valence-electron chi connectivity index (χ4n) is 4.19. The van der Waals surface area contributed by atoms with Crippen LogP contribution in [0.15, 0.2) is 48.8 Å². The maximum absolute atomic E-state index is 12.8. The number of carbonyl (C=O) groups excluding carboxylic acids is 1. The molecule has 2 aliphatic rings. The average molecular weight is 350 g/mol. The van der Waals surface area contributed by atoms with Gasteiger partial charge in [-0.25, -0.2) is 9.97 Å². The lowest BCUT2D eigenvalue weighted by Crippen LogP contribution is -2.49. The van der Waals surface area contributed by atoms with Crippen LogP contribution in [0.25, 0.3) is 0 Å². The second-order valence-corrected chi connectivity index (χ2v) is 7.55. The van der Waals surface area contributed by atoms with Gasteiger partial charge in [-0.1, -0.05) is 36.8 Å². The molecule has 0 bridgehead atoms. The summed E-state index contributed by atoms with van der Waals surface area (Å²) in [6.07, 6.45) is 9.01. The number of amides is 1. The third-order valence-electron chi connectivity index (χ3n) is 5.92. The van der Waals surface area contributed by atoms with Gasteiger partial charge in [-0.3, -0.25) is 4.79 Å². The standard InChI is InChI=1S/C21H26N4O/c26-19(17-7-4-14-25(15-17)20-22-12-6-13-23-20)24-16-21(10-5-11-21)18-8-2-1-3-9-18/h1-3,6,8-9,12-13,17H,4-5,7,10-11,14-16H2,(H,24,26). The van der Waals surface area contributed by atoms with Gasteiger partial charge in [-0.2, -0.15) is 0 Å². The first-order valence-corrected chi connectivity index (χ1v) is 9.62. The summed E-state index contributed by atoms with van der Waals surface area (Å²) in [7, 11) is 0. The Hall–Kier alpha value is -2.43. The number of piperidine rings is 1. The summed E-state index contributed by atoms with van der Waals surface area (Å²) in [4.78, 5) is 23.6. The molecule has 1 N–H and O–H groups in total. The molecule has 2 heterocycles. The molecule has 5 nitrogen and oxygen atoms in total. The smallest absolute Gasteiger partial charge is 0.225 e. The molecule has 1 aliphatic heterocycles. The van der Waals surface area contributed by atoms with E-state index in [1.54, 1.807) is 12.4 Å². The van der Waals surface area contributed by atoms with Crippen LogP contribution in [0, 0.1) is 5.92 Å².